The highest BCUT2D eigenvalue weighted by atomic mass is 16.5. The Hall–Kier alpha value is -2.77. The summed E-state index contributed by atoms with van der Waals surface area (Å²) in [4.78, 5) is 26.0. The number of aromatic hydroxyl groups is 1. The SMILES string of the molecule is Cc1onc(CN2CN(C(C)C)C(=O)c3c(O)c(=O)ccn32)c1C. The fourth-order valence-corrected chi connectivity index (χ4v) is 2.70. The fraction of sp³-hybridized carbons (Fsp3) is 0.438. The smallest absolute Gasteiger partial charge is 0.278 e. The molecule has 2 aromatic rings. The Balaban J connectivity index is 2.09. The van der Waals surface area contributed by atoms with Gasteiger partial charge < -0.3 is 14.5 Å². The summed E-state index contributed by atoms with van der Waals surface area (Å²) in [6, 6.07) is 1.16. The van der Waals surface area contributed by atoms with E-state index in [1.165, 1.54) is 16.9 Å². The minimum atomic E-state index is -0.575. The number of fused-ring (bicyclic) bond motifs is 1. The Morgan fingerprint density at radius 2 is 2.04 bits per heavy atom. The van der Waals surface area contributed by atoms with E-state index >= 15 is 0 Å². The first-order valence-corrected chi connectivity index (χ1v) is 7.73. The lowest BCUT2D eigenvalue weighted by molar-refractivity contribution is 0.0627. The van der Waals surface area contributed by atoms with Crippen LogP contribution in [-0.2, 0) is 6.54 Å². The van der Waals surface area contributed by atoms with Gasteiger partial charge in [0, 0.05) is 23.9 Å². The first-order valence-electron chi connectivity index (χ1n) is 7.73. The number of aromatic nitrogens is 2. The van der Waals surface area contributed by atoms with Crippen LogP contribution in [0.5, 0.6) is 5.75 Å². The molecule has 1 aliphatic rings. The van der Waals surface area contributed by atoms with Gasteiger partial charge in [0.25, 0.3) is 5.91 Å². The molecular formula is C16H20N4O4. The number of hydrogen-bond acceptors (Lipinski definition) is 6. The van der Waals surface area contributed by atoms with Crippen LogP contribution < -0.4 is 10.4 Å². The highest BCUT2D eigenvalue weighted by molar-refractivity contribution is 5.96. The maximum absolute atomic E-state index is 12.6. The number of nitrogens with zero attached hydrogens (tertiary/aromatic N) is 4. The average molecular weight is 332 g/mol. The van der Waals surface area contributed by atoms with Gasteiger partial charge in [0.1, 0.15) is 18.1 Å². The molecule has 0 saturated carbocycles. The molecule has 1 amide bonds. The van der Waals surface area contributed by atoms with Crippen LogP contribution in [0.25, 0.3) is 0 Å². The molecule has 8 nitrogen and oxygen atoms in total. The van der Waals surface area contributed by atoms with Gasteiger partial charge in [0.2, 0.25) is 5.43 Å². The van der Waals surface area contributed by atoms with E-state index in [1.807, 2.05) is 32.7 Å². The second-order valence-electron chi connectivity index (χ2n) is 6.21. The van der Waals surface area contributed by atoms with E-state index in [0.717, 1.165) is 17.0 Å². The van der Waals surface area contributed by atoms with Crippen LogP contribution in [0, 0.1) is 13.8 Å². The van der Waals surface area contributed by atoms with Crippen LogP contribution in [0.4, 0.5) is 0 Å². The fourth-order valence-electron chi connectivity index (χ4n) is 2.70. The zero-order chi connectivity index (χ0) is 17.6. The quantitative estimate of drug-likeness (QED) is 0.905. The summed E-state index contributed by atoms with van der Waals surface area (Å²) in [6.45, 7) is 8.22. The van der Waals surface area contributed by atoms with Crippen molar-refractivity contribution in [1.82, 2.24) is 14.7 Å². The molecule has 2 aromatic heterocycles. The Morgan fingerprint density at radius 3 is 2.62 bits per heavy atom. The number of carbonyl (C=O) groups is 1. The molecule has 24 heavy (non-hydrogen) atoms. The monoisotopic (exact) mass is 332 g/mol. The van der Waals surface area contributed by atoms with E-state index in [1.54, 1.807) is 4.90 Å². The normalized spacial score (nSPS) is 14.5. The van der Waals surface area contributed by atoms with Gasteiger partial charge >= 0.3 is 0 Å². The summed E-state index contributed by atoms with van der Waals surface area (Å²) in [5.41, 5.74) is 1.08. The topological polar surface area (TPSA) is 91.8 Å². The number of aryl methyl sites for hydroxylation is 1. The molecule has 0 saturated heterocycles. The predicted octanol–water partition coefficient (Wildman–Crippen LogP) is 1.12. The van der Waals surface area contributed by atoms with Gasteiger partial charge in [-0.2, -0.15) is 0 Å². The van der Waals surface area contributed by atoms with Gasteiger partial charge in [-0.05, 0) is 27.7 Å². The van der Waals surface area contributed by atoms with Crippen LogP contribution in [0.2, 0.25) is 0 Å². The molecule has 3 heterocycles. The zero-order valence-electron chi connectivity index (χ0n) is 14.1. The lowest BCUT2D eigenvalue weighted by atomic mass is 10.2. The first-order chi connectivity index (χ1) is 11.3. The summed E-state index contributed by atoms with van der Waals surface area (Å²) in [6.07, 6.45) is 1.50. The van der Waals surface area contributed by atoms with Crippen molar-refractivity contribution in [3.8, 4) is 5.75 Å². The van der Waals surface area contributed by atoms with Crippen molar-refractivity contribution in [3.63, 3.8) is 0 Å². The van der Waals surface area contributed by atoms with Crippen LogP contribution >= 0.6 is 0 Å². The van der Waals surface area contributed by atoms with E-state index in [2.05, 4.69) is 5.16 Å². The summed E-state index contributed by atoms with van der Waals surface area (Å²) >= 11 is 0. The molecule has 0 atom stereocenters. The molecule has 128 valence electrons. The summed E-state index contributed by atoms with van der Waals surface area (Å²) in [5.74, 6) is -0.169. The third-order valence-corrected chi connectivity index (χ3v) is 4.35. The molecule has 0 aromatic carbocycles. The number of amides is 1. The molecule has 0 bridgehead atoms. The van der Waals surface area contributed by atoms with Gasteiger partial charge in [-0.25, -0.2) is 0 Å². The number of pyridine rings is 1. The van der Waals surface area contributed by atoms with Gasteiger partial charge in [0.05, 0.1) is 6.54 Å². The molecule has 1 aliphatic heterocycles. The highest BCUT2D eigenvalue weighted by Crippen LogP contribution is 2.23. The van der Waals surface area contributed by atoms with Gasteiger partial charge in [-0.1, -0.05) is 5.16 Å². The second kappa shape index (κ2) is 5.70. The molecule has 0 radical (unpaired) electrons. The number of rotatable bonds is 3. The number of carbonyl (C=O) groups excluding carboxylic acids is 1. The van der Waals surface area contributed by atoms with E-state index in [9.17, 15) is 14.7 Å². The van der Waals surface area contributed by atoms with Crippen LogP contribution in [0.15, 0.2) is 21.6 Å². The van der Waals surface area contributed by atoms with E-state index in [4.69, 9.17) is 4.52 Å². The molecule has 3 rings (SSSR count). The maximum Gasteiger partial charge on any atom is 0.278 e. The van der Waals surface area contributed by atoms with E-state index in [0.29, 0.717) is 13.2 Å². The Kier molecular flexibility index (Phi) is 3.82. The minimum Gasteiger partial charge on any atom is -0.502 e. The van der Waals surface area contributed by atoms with Crippen LogP contribution in [0.3, 0.4) is 0 Å². The van der Waals surface area contributed by atoms with Crippen molar-refractivity contribution in [2.45, 2.75) is 40.3 Å². The van der Waals surface area contributed by atoms with Gasteiger partial charge in [0.15, 0.2) is 11.4 Å². The minimum absolute atomic E-state index is 0.0275. The molecule has 0 unspecified atom stereocenters. The van der Waals surface area contributed by atoms with Crippen LogP contribution in [0.1, 0.15) is 41.4 Å². The Morgan fingerprint density at radius 1 is 1.33 bits per heavy atom. The lowest BCUT2D eigenvalue weighted by Gasteiger charge is -2.41. The maximum atomic E-state index is 12.6. The zero-order valence-corrected chi connectivity index (χ0v) is 14.1. The predicted molar refractivity (Wildman–Crippen MR) is 86.4 cm³/mol. The van der Waals surface area contributed by atoms with Crippen molar-refractivity contribution in [3.05, 3.63) is 45.2 Å². The van der Waals surface area contributed by atoms with Crippen molar-refractivity contribution in [1.29, 1.82) is 0 Å². The van der Waals surface area contributed by atoms with Crippen molar-refractivity contribution in [2.75, 3.05) is 11.7 Å². The molecule has 0 fully saturated rings. The molecule has 0 spiro atoms. The largest absolute Gasteiger partial charge is 0.502 e. The van der Waals surface area contributed by atoms with Gasteiger partial charge in [-0.15, -0.1) is 0 Å². The summed E-state index contributed by atoms with van der Waals surface area (Å²) in [7, 11) is 0. The molecule has 8 heteroatoms. The second-order valence-corrected chi connectivity index (χ2v) is 6.21. The number of hydrogen-bond donors (Lipinski definition) is 1. The molecule has 1 N–H and O–H groups in total. The van der Waals surface area contributed by atoms with E-state index < -0.39 is 11.2 Å². The average Bonchev–Trinajstić information content (AvgIpc) is 2.84. The molecule has 0 aliphatic carbocycles. The van der Waals surface area contributed by atoms with Gasteiger partial charge in [-0.3, -0.25) is 19.3 Å². The molecular weight excluding hydrogens is 312 g/mol. The Bertz CT molecular complexity index is 852. The van der Waals surface area contributed by atoms with Crippen molar-refractivity contribution in [2.24, 2.45) is 0 Å². The highest BCUT2D eigenvalue weighted by Gasteiger charge is 2.34. The van der Waals surface area contributed by atoms with Crippen LogP contribution in [-0.4, -0.2) is 38.5 Å². The third kappa shape index (κ3) is 2.44. The lowest BCUT2D eigenvalue weighted by Crippen LogP contribution is -2.55. The standard InChI is InChI=1S/C16H20N4O4/c1-9(2)19-8-18(7-12-10(3)11(4)24-17-12)20-6-5-13(21)15(22)14(20)16(19)23/h5-6,9,22H,7-8H2,1-4H3. The van der Waals surface area contributed by atoms with E-state index in [-0.39, 0.29) is 17.6 Å². The third-order valence-electron chi connectivity index (χ3n) is 4.35. The Labute approximate surface area is 138 Å². The summed E-state index contributed by atoms with van der Waals surface area (Å²) < 4.78 is 6.71. The summed E-state index contributed by atoms with van der Waals surface area (Å²) in [5, 5.41) is 16.0. The first kappa shape index (κ1) is 16.1. The van der Waals surface area contributed by atoms with Crippen molar-refractivity contribution < 1.29 is 14.4 Å². The van der Waals surface area contributed by atoms with Crippen molar-refractivity contribution >= 4 is 5.91 Å².